The van der Waals surface area contributed by atoms with Crippen LogP contribution in [0, 0.1) is 0 Å². The molecule has 0 unspecified atom stereocenters. The van der Waals surface area contributed by atoms with Gasteiger partial charge in [0.1, 0.15) is 5.82 Å². The van der Waals surface area contributed by atoms with Crippen LogP contribution < -0.4 is 16.6 Å². The SMILES string of the molecule is COC(=O)c1cc(Br)ccc1-n1c(N)c2c(cc1=O)C(=O)NC2=O. The minimum atomic E-state index is -0.696. The second-order valence-electron chi connectivity index (χ2n) is 4.93. The Bertz CT molecular complexity index is 980. The molecule has 0 saturated carbocycles. The maximum absolute atomic E-state index is 12.4. The number of benzene rings is 1. The van der Waals surface area contributed by atoms with Gasteiger partial charge in [-0.15, -0.1) is 0 Å². The Kier molecular flexibility index (Phi) is 3.72. The molecular formula is C15H10BrN3O5. The van der Waals surface area contributed by atoms with E-state index in [0.717, 1.165) is 10.6 Å². The number of amides is 2. The molecule has 24 heavy (non-hydrogen) atoms. The molecular weight excluding hydrogens is 382 g/mol. The molecule has 2 amide bonds. The van der Waals surface area contributed by atoms with Gasteiger partial charge in [-0.05, 0) is 18.2 Å². The highest BCUT2D eigenvalue weighted by Crippen LogP contribution is 2.26. The van der Waals surface area contributed by atoms with E-state index in [-0.39, 0.29) is 28.2 Å². The lowest BCUT2D eigenvalue weighted by Crippen LogP contribution is -2.25. The number of imide groups is 1. The lowest BCUT2D eigenvalue weighted by molar-refractivity contribution is 0.0600. The minimum absolute atomic E-state index is 0.0744. The number of nitrogen functional groups attached to an aromatic ring is 1. The van der Waals surface area contributed by atoms with E-state index in [4.69, 9.17) is 10.5 Å². The van der Waals surface area contributed by atoms with Crippen molar-refractivity contribution >= 4 is 39.5 Å². The van der Waals surface area contributed by atoms with E-state index in [9.17, 15) is 19.2 Å². The number of ether oxygens (including phenoxy) is 1. The van der Waals surface area contributed by atoms with Crippen LogP contribution >= 0.6 is 15.9 Å². The van der Waals surface area contributed by atoms with E-state index in [2.05, 4.69) is 21.2 Å². The van der Waals surface area contributed by atoms with Crippen molar-refractivity contribution in [2.45, 2.75) is 0 Å². The van der Waals surface area contributed by atoms with Gasteiger partial charge >= 0.3 is 5.97 Å². The first kappa shape index (κ1) is 15.9. The molecule has 2 aromatic rings. The molecule has 1 aromatic carbocycles. The number of esters is 1. The van der Waals surface area contributed by atoms with Crippen LogP contribution in [0.15, 0.2) is 33.5 Å². The molecule has 0 atom stereocenters. The lowest BCUT2D eigenvalue weighted by Gasteiger charge is -2.15. The summed E-state index contributed by atoms with van der Waals surface area (Å²) in [6.07, 6.45) is 0. The summed E-state index contributed by atoms with van der Waals surface area (Å²) in [5.74, 6) is -2.29. The number of fused-ring (bicyclic) bond motifs is 1. The number of halogens is 1. The molecule has 8 nitrogen and oxygen atoms in total. The van der Waals surface area contributed by atoms with E-state index in [0.29, 0.717) is 4.47 Å². The highest BCUT2D eigenvalue weighted by Gasteiger charge is 2.32. The first-order chi connectivity index (χ1) is 11.3. The molecule has 0 fully saturated rings. The van der Waals surface area contributed by atoms with Gasteiger partial charge in [0.2, 0.25) is 0 Å². The summed E-state index contributed by atoms with van der Waals surface area (Å²) in [7, 11) is 1.20. The van der Waals surface area contributed by atoms with E-state index in [1.807, 2.05) is 0 Å². The van der Waals surface area contributed by atoms with Crippen molar-refractivity contribution in [3.63, 3.8) is 0 Å². The number of nitrogens with one attached hydrogen (secondary N) is 1. The van der Waals surface area contributed by atoms with Crippen molar-refractivity contribution in [2.24, 2.45) is 0 Å². The monoisotopic (exact) mass is 391 g/mol. The van der Waals surface area contributed by atoms with Gasteiger partial charge in [-0.1, -0.05) is 15.9 Å². The average Bonchev–Trinajstić information content (AvgIpc) is 2.82. The Hall–Kier alpha value is -2.94. The summed E-state index contributed by atoms with van der Waals surface area (Å²) in [4.78, 5) is 48.0. The fourth-order valence-electron chi connectivity index (χ4n) is 2.50. The van der Waals surface area contributed by atoms with Crippen LogP contribution in [0.2, 0.25) is 0 Å². The molecule has 0 aliphatic carbocycles. The number of carbonyl (C=O) groups is 3. The third kappa shape index (κ3) is 2.29. The summed E-state index contributed by atoms with van der Waals surface area (Å²) in [6.45, 7) is 0. The number of aromatic nitrogens is 1. The Morgan fingerprint density at radius 3 is 2.58 bits per heavy atom. The first-order valence-electron chi connectivity index (χ1n) is 6.64. The Morgan fingerprint density at radius 2 is 1.92 bits per heavy atom. The van der Waals surface area contributed by atoms with E-state index in [1.165, 1.54) is 19.2 Å². The third-order valence-electron chi connectivity index (χ3n) is 3.56. The Balaban J connectivity index is 2.36. The van der Waals surface area contributed by atoms with Gasteiger partial charge < -0.3 is 10.5 Å². The fourth-order valence-corrected chi connectivity index (χ4v) is 2.87. The maximum Gasteiger partial charge on any atom is 0.340 e. The number of nitrogens with two attached hydrogens (primary N) is 1. The zero-order chi connectivity index (χ0) is 17.6. The van der Waals surface area contributed by atoms with Crippen LogP contribution in [0.25, 0.3) is 5.69 Å². The zero-order valence-corrected chi connectivity index (χ0v) is 13.8. The lowest BCUT2D eigenvalue weighted by atomic mass is 10.1. The van der Waals surface area contributed by atoms with Gasteiger partial charge in [-0.3, -0.25) is 24.3 Å². The first-order valence-corrected chi connectivity index (χ1v) is 7.44. The maximum atomic E-state index is 12.4. The summed E-state index contributed by atoms with van der Waals surface area (Å²) in [6, 6.07) is 5.56. The molecule has 122 valence electrons. The van der Waals surface area contributed by atoms with Gasteiger partial charge in [0.15, 0.2) is 0 Å². The van der Waals surface area contributed by atoms with Crippen LogP contribution in [0.3, 0.4) is 0 Å². The molecule has 2 heterocycles. The van der Waals surface area contributed by atoms with E-state index >= 15 is 0 Å². The topological polar surface area (TPSA) is 120 Å². The number of hydrogen-bond acceptors (Lipinski definition) is 6. The second-order valence-corrected chi connectivity index (χ2v) is 5.84. The van der Waals surface area contributed by atoms with Gasteiger partial charge in [-0.25, -0.2) is 4.79 Å². The number of nitrogens with zero attached hydrogens (tertiary/aromatic N) is 1. The van der Waals surface area contributed by atoms with Crippen LogP contribution in [0.5, 0.6) is 0 Å². The van der Waals surface area contributed by atoms with Crippen molar-refractivity contribution in [2.75, 3.05) is 12.8 Å². The predicted molar refractivity (Wildman–Crippen MR) is 87.3 cm³/mol. The fraction of sp³-hybridized carbons (Fsp3) is 0.0667. The van der Waals surface area contributed by atoms with Crippen LogP contribution in [-0.2, 0) is 4.74 Å². The number of pyridine rings is 1. The Labute approximate surface area is 143 Å². The summed E-state index contributed by atoms with van der Waals surface area (Å²) in [5.41, 5.74) is 5.33. The van der Waals surface area contributed by atoms with Crippen LogP contribution in [-0.4, -0.2) is 29.5 Å². The highest BCUT2D eigenvalue weighted by atomic mass is 79.9. The van der Waals surface area contributed by atoms with Gasteiger partial charge in [0.25, 0.3) is 17.4 Å². The Morgan fingerprint density at radius 1 is 1.21 bits per heavy atom. The number of rotatable bonds is 2. The minimum Gasteiger partial charge on any atom is -0.465 e. The number of hydrogen-bond donors (Lipinski definition) is 2. The second kappa shape index (κ2) is 5.60. The van der Waals surface area contributed by atoms with Gasteiger partial charge in [0.05, 0.1) is 29.5 Å². The van der Waals surface area contributed by atoms with Crippen LogP contribution in [0.1, 0.15) is 31.1 Å². The molecule has 3 N–H and O–H groups in total. The number of carbonyl (C=O) groups excluding carboxylic acids is 3. The summed E-state index contributed by atoms with van der Waals surface area (Å²) >= 11 is 3.24. The average molecular weight is 392 g/mol. The molecule has 9 heteroatoms. The van der Waals surface area contributed by atoms with Crippen molar-refractivity contribution in [1.29, 1.82) is 0 Å². The largest absolute Gasteiger partial charge is 0.465 e. The molecule has 1 aliphatic heterocycles. The van der Waals surface area contributed by atoms with Crippen molar-refractivity contribution in [3.05, 3.63) is 55.8 Å². The van der Waals surface area contributed by atoms with E-state index < -0.39 is 23.3 Å². The molecule has 1 aliphatic rings. The van der Waals surface area contributed by atoms with Gasteiger partial charge in [-0.2, -0.15) is 0 Å². The quantitative estimate of drug-likeness (QED) is 0.578. The summed E-state index contributed by atoms with van der Waals surface area (Å²) < 4.78 is 6.30. The van der Waals surface area contributed by atoms with E-state index in [1.54, 1.807) is 6.07 Å². The molecule has 3 rings (SSSR count). The third-order valence-corrected chi connectivity index (χ3v) is 4.05. The molecule has 0 radical (unpaired) electrons. The molecule has 0 spiro atoms. The van der Waals surface area contributed by atoms with Crippen molar-refractivity contribution in [1.82, 2.24) is 9.88 Å². The zero-order valence-electron chi connectivity index (χ0n) is 12.3. The molecule has 0 saturated heterocycles. The van der Waals surface area contributed by atoms with Crippen molar-refractivity contribution < 1.29 is 19.1 Å². The number of anilines is 1. The van der Waals surface area contributed by atoms with Crippen molar-refractivity contribution in [3.8, 4) is 5.69 Å². The summed E-state index contributed by atoms with van der Waals surface area (Å²) in [5, 5.41) is 2.08. The molecule has 1 aromatic heterocycles. The predicted octanol–water partition coefficient (Wildman–Crippen LogP) is 0.852. The normalized spacial score (nSPS) is 12.8. The highest BCUT2D eigenvalue weighted by molar-refractivity contribution is 9.10. The van der Waals surface area contributed by atoms with Crippen LogP contribution in [0.4, 0.5) is 5.82 Å². The molecule has 0 bridgehead atoms. The smallest absolute Gasteiger partial charge is 0.340 e. The standard InChI is InChI=1S/C15H10BrN3O5/c1-24-15(23)7-4-6(16)2-3-9(7)19-10(20)5-8-11(12(19)17)14(22)18-13(8)21/h2-5H,17H2,1H3,(H,18,21,22). The van der Waals surface area contributed by atoms with Gasteiger partial charge in [0, 0.05) is 10.5 Å². The number of methoxy groups -OCH3 is 1.